The fourth-order valence-corrected chi connectivity index (χ4v) is 3.22. The summed E-state index contributed by atoms with van der Waals surface area (Å²) in [4.78, 5) is 37.9. The van der Waals surface area contributed by atoms with Crippen molar-refractivity contribution in [2.24, 2.45) is 5.92 Å². The van der Waals surface area contributed by atoms with E-state index in [-0.39, 0.29) is 18.7 Å². The molecule has 5 nitrogen and oxygen atoms in total. The average molecular weight is 355 g/mol. The van der Waals surface area contributed by atoms with E-state index in [1.165, 1.54) is 19.1 Å². The Balaban J connectivity index is 1.93. The van der Waals surface area contributed by atoms with Crippen molar-refractivity contribution in [3.8, 4) is 0 Å². The van der Waals surface area contributed by atoms with Gasteiger partial charge in [-0.25, -0.2) is 4.39 Å². The van der Waals surface area contributed by atoms with E-state index >= 15 is 0 Å². The summed E-state index contributed by atoms with van der Waals surface area (Å²) in [6, 6.07) is 11.7. The van der Waals surface area contributed by atoms with Gasteiger partial charge in [0.2, 0.25) is 0 Å². The maximum atomic E-state index is 13.1. The van der Waals surface area contributed by atoms with Crippen LogP contribution in [0.2, 0.25) is 0 Å². The number of carbonyl (C=O) groups is 3. The van der Waals surface area contributed by atoms with Crippen molar-refractivity contribution < 1.29 is 23.9 Å². The van der Waals surface area contributed by atoms with Crippen molar-refractivity contribution >= 4 is 17.8 Å². The Labute approximate surface area is 150 Å². The minimum absolute atomic E-state index is 0.123. The molecule has 0 aliphatic carbocycles. The first-order chi connectivity index (χ1) is 12.4. The Hall–Kier alpha value is -3.02. The number of fused-ring (bicyclic) bond motifs is 1. The van der Waals surface area contributed by atoms with E-state index in [0.29, 0.717) is 11.1 Å². The zero-order chi connectivity index (χ0) is 18.8. The fourth-order valence-electron chi connectivity index (χ4n) is 3.22. The minimum Gasteiger partial charge on any atom is -0.481 e. The number of amides is 2. The van der Waals surface area contributed by atoms with Crippen LogP contribution in [0.25, 0.3) is 0 Å². The first kappa shape index (κ1) is 17.8. The van der Waals surface area contributed by atoms with Gasteiger partial charge in [-0.3, -0.25) is 19.3 Å². The van der Waals surface area contributed by atoms with Crippen molar-refractivity contribution in [1.29, 1.82) is 0 Å². The van der Waals surface area contributed by atoms with Crippen LogP contribution in [0.5, 0.6) is 0 Å². The molecular formula is C20H18FNO4. The van der Waals surface area contributed by atoms with Gasteiger partial charge in [0.1, 0.15) is 5.82 Å². The first-order valence-electron chi connectivity index (χ1n) is 8.32. The number of halogens is 1. The van der Waals surface area contributed by atoms with Crippen molar-refractivity contribution in [2.75, 3.05) is 0 Å². The Morgan fingerprint density at radius 2 is 1.58 bits per heavy atom. The molecule has 0 spiro atoms. The summed E-state index contributed by atoms with van der Waals surface area (Å²) in [6.45, 7) is 1.54. The molecule has 0 saturated carbocycles. The van der Waals surface area contributed by atoms with Crippen LogP contribution in [-0.4, -0.2) is 33.8 Å². The van der Waals surface area contributed by atoms with E-state index in [1.54, 1.807) is 36.4 Å². The van der Waals surface area contributed by atoms with Crippen molar-refractivity contribution in [3.05, 3.63) is 71.0 Å². The number of carbonyl (C=O) groups excluding carboxylic acids is 2. The Bertz CT molecular complexity index is 827. The van der Waals surface area contributed by atoms with Gasteiger partial charge in [-0.2, -0.15) is 0 Å². The number of hydrogen-bond donors (Lipinski definition) is 1. The molecule has 1 N–H and O–H groups in total. The second kappa shape index (κ2) is 7.07. The van der Waals surface area contributed by atoms with Gasteiger partial charge in [-0.15, -0.1) is 0 Å². The van der Waals surface area contributed by atoms with Gasteiger partial charge in [0, 0.05) is 6.04 Å². The molecule has 6 heteroatoms. The number of nitrogens with zero attached hydrogens (tertiary/aromatic N) is 1. The third-order valence-corrected chi connectivity index (χ3v) is 4.62. The molecule has 2 aromatic carbocycles. The summed E-state index contributed by atoms with van der Waals surface area (Å²) in [5.41, 5.74) is 1.37. The van der Waals surface area contributed by atoms with E-state index < -0.39 is 29.7 Å². The van der Waals surface area contributed by atoms with Crippen molar-refractivity contribution in [1.82, 2.24) is 4.90 Å². The van der Waals surface area contributed by atoms with Crippen molar-refractivity contribution in [3.63, 3.8) is 0 Å². The largest absolute Gasteiger partial charge is 0.481 e. The van der Waals surface area contributed by atoms with Crippen LogP contribution in [0.3, 0.4) is 0 Å². The van der Waals surface area contributed by atoms with Gasteiger partial charge < -0.3 is 5.11 Å². The summed E-state index contributed by atoms with van der Waals surface area (Å²) in [7, 11) is 0. The topological polar surface area (TPSA) is 74.7 Å². The molecule has 2 atom stereocenters. The fraction of sp³-hybridized carbons (Fsp3) is 0.250. The van der Waals surface area contributed by atoms with Crippen LogP contribution in [0, 0.1) is 11.7 Å². The van der Waals surface area contributed by atoms with Crippen LogP contribution in [0.1, 0.15) is 39.6 Å². The summed E-state index contributed by atoms with van der Waals surface area (Å²) >= 11 is 0. The summed E-state index contributed by atoms with van der Waals surface area (Å²) in [5, 5.41) is 9.24. The number of aliphatic carboxylic acids is 1. The van der Waals surface area contributed by atoms with Gasteiger partial charge in [-0.1, -0.05) is 31.2 Å². The average Bonchev–Trinajstić information content (AvgIpc) is 2.87. The van der Waals surface area contributed by atoms with Gasteiger partial charge >= 0.3 is 5.97 Å². The molecule has 0 radical (unpaired) electrons. The third-order valence-electron chi connectivity index (χ3n) is 4.62. The predicted molar refractivity (Wildman–Crippen MR) is 92.3 cm³/mol. The molecular weight excluding hydrogens is 337 g/mol. The lowest BCUT2D eigenvalue weighted by molar-refractivity contribution is -0.141. The number of rotatable bonds is 6. The van der Waals surface area contributed by atoms with E-state index in [1.807, 2.05) is 0 Å². The smallest absolute Gasteiger partial charge is 0.306 e. The lowest BCUT2D eigenvalue weighted by Crippen LogP contribution is -2.42. The van der Waals surface area contributed by atoms with E-state index in [0.717, 1.165) is 10.5 Å². The quantitative estimate of drug-likeness (QED) is 0.808. The van der Waals surface area contributed by atoms with E-state index in [2.05, 4.69) is 0 Å². The first-order valence-corrected chi connectivity index (χ1v) is 8.32. The summed E-state index contributed by atoms with van der Waals surface area (Å²) in [5.74, 6) is -2.95. The molecule has 26 heavy (non-hydrogen) atoms. The molecule has 1 aliphatic rings. The highest BCUT2D eigenvalue weighted by atomic mass is 19.1. The maximum absolute atomic E-state index is 13.1. The Kier molecular flexibility index (Phi) is 4.84. The molecule has 0 aromatic heterocycles. The minimum atomic E-state index is -0.995. The van der Waals surface area contributed by atoms with Gasteiger partial charge in [0.15, 0.2) is 0 Å². The highest BCUT2D eigenvalue weighted by Crippen LogP contribution is 2.28. The molecule has 0 saturated heterocycles. The number of benzene rings is 2. The number of carboxylic acid groups (broad SMARTS) is 1. The number of carboxylic acids is 1. The summed E-state index contributed by atoms with van der Waals surface area (Å²) in [6.07, 6.45) is 0.390. The SMILES string of the molecule is C[C@H](C[C@H](Cc1ccc(F)cc1)N1C(=O)c2ccccc2C1=O)C(=O)O. The maximum Gasteiger partial charge on any atom is 0.306 e. The van der Waals surface area contributed by atoms with Crippen LogP contribution >= 0.6 is 0 Å². The van der Waals surface area contributed by atoms with E-state index in [4.69, 9.17) is 0 Å². The van der Waals surface area contributed by atoms with Gasteiger partial charge in [-0.05, 0) is 42.7 Å². The number of hydrogen-bond acceptors (Lipinski definition) is 3. The highest BCUT2D eigenvalue weighted by Gasteiger charge is 2.40. The molecule has 0 fully saturated rings. The highest BCUT2D eigenvalue weighted by molar-refractivity contribution is 6.21. The molecule has 0 bridgehead atoms. The van der Waals surface area contributed by atoms with Gasteiger partial charge in [0.25, 0.3) is 11.8 Å². The van der Waals surface area contributed by atoms with Crippen LogP contribution in [-0.2, 0) is 11.2 Å². The Morgan fingerprint density at radius 3 is 2.08 bits per heavy atom. The van der Waals surface area contributed by atoms with Crippen LogP contribution < -0.4 is 0 Å². The van der Waals surface area contributed by atoms with Crippen molar-refractivity contribution in [2.45, 2.75) is 25.8 Å². The molecule has 3 rings (SSSR count). The third kappa shape index (κ3) is 3.35. The normalized spacial score (nSPS) is 15.7. The van der Waals surface area contributed by atoms with Gasteiger partial charge in [0.05, 0.1) is 17.0 Å². The zero-order valence-electron chi connectivity index (χ0n) is 14.2. The standard InChI is InChI=1S/C20H18FNO4/c1-12(20(25)26)10-15(11-13-6-8-14(21)9-7-13)22-18(23)16-4-2-3-5-17(16)19(22)24/h2-9,12,15H,10-11H2,1H3,(H,25,26)/t12-,15-/m1/s1. The molecule has 2 amide bonds. The second-order valence-corrected chi connectivity index (χ2v) is 6.49. The monoisotopic (exact) mass is 355 g/mol. The molecule has 1 aliphatic heterocycles. The molecule has 1 heterocycles. The second-order valence-electron chi connectivity index (χ2n) is 6.49. The predicted octanol–water partition coefficient (Wildman–Crippen LogP) is 3.14. The molecule has 2 aromatic rings. The lowest BCUT2D eigenvalue weighted by atomic mass is 9.95. The summed E-state index contributed by atoms with van der Waals surface area (Å²) < 4.78 is 13.1. The molecule has 0 unspecified atom stereocenters. The van der Waals surface area contributed by atoms with E-state index in [9.17, 15) is 23.9 Å². The van der Waals surface area contributed by atoms with Crippen LogP contribution in [0.15, 0.2) is 48.5 Å². The Morgan fingerprint density at radius 1 is 1.04 bits per heavy atom. The zero-order valence-corrected chi connectivity index (χ0v) is 14.2. The number of imide groups is 1. The lowest BCUT2D eigenvalue weighted by Gasteiger charge is -2.28. The van der Waals surface area contributed by atoms with Crippen LogP contribution in [0.4, 0.5) is 4.39 Å². The molecule has 134 valence electrons.